The smallest absolute Gasteiger partial charge is 0.0777 e. The highest BCUT2D eigenvalue weighted by Crippen LogP contribution is 2.40. The summed E-state index contributed by atoms with van der Waals surface area (Å²) in [4.78, 5) is 1.99. The molecular weight excluding hydrogens is 233 g/mol. The Labute approximate surface area is 99.4 Å². The van der Waals surface area contributed by atoms with Crippen molar-refractivity contribution in [1.82, 2.24) is 4.90 Å². The van der Waals surface area contributed by atoms with Gasteiger partial charge in [0.1, 0.15) is 0 Å². The largest absolute Gasteiger partial charge is 0.391 e. The molecule has 0 aliphatic heterocycles. The molecule has 82 valence electrons. The lowest BCUT2D eigenvalue weighted by molar-refractivity contribution is 0.0902. The summed E-state index contributed by atoms with van der Waals surface area (Å²) >= 11 is 12.1. The molecule has 1 aliphatic rings. The maximum atomic E-state index is 9.95. The van der Waals surface area contributed by atoms with Crippen LogP contribution in [0.4, 0.5) is 0 Å². The van der Waals surface area contributed by atoms with Gasteiger partial charge in [-0.1, -0.05) is 23.2 Å². The fourth-order valence-corrected chi connectivity index (χ4v) is 2.84. The summed E-state index contributed by atoms with van der Waals surface area (Å²) < 4.78 is 0. The van der Waals surface area contributed by atoms with Crippen LogP contribution in [0, 0.1) is 0 Å². The molecule has 1 N–H and O–H groups in total. The Bertz CT molecular complexity index is 392. The number of rotatable bonds is 1. The van der Waals surface area contributed by atoms with E-state index >= 15 is 0 Å². The summed E-state index contributed by atoms with van der Waals surface area (Å²) in [5.41, 5.74) is 2.07. The number of nitrogens with zero attached hydrogens (tertiary/aromatic N) is 1. The number of aliphatic hydroxyl groups is 1. The molecule has 0 aromatic heterocycles. The van der Waals surface area contributed by atoms with E-state index in [1.165, 1.54) is 0 Å². The van der Waals surface area contributed by atoms with Crippen LogP contribution >= 0.6 is 23.2 Å². The van der Waals surface area contributed by atoms with Crippen molar-refractivity contribution in [2.24, 2.45) is 0 Å². The van der Waals surface area contributed by atoms with Gasteiger partial charge in [0.2, 0.25) is 0 Å². The number of fused-ring (bicyclic) bond motifs is 1. The molecule has 0 bridgehead atoms. The van der Waals surface area contributed by atoms with Gasteiger partial charge in [-0.05, 0) is 37.4 Å². The van der Waals surface area contributed by atoms with Crippen LogP contribution in [0.1, 0.15) is 17.2 Å². The minimum Gasteiger partial charge on any atom is -0.391 e. The van der Waals surface area contributed by atoms with Crippen LogP contribution in [-0.4, -0.2) is 30.2 Å². The topological polar surface area (TPSA) is 23.5 Å². The molecule has 15 heavy (non-hydrogen) atoms. The minimum absolute atomic E-state index is 0.00352. The van der Waals surface area contributed by atoms with Gasteiger partial charge in [-0.15, -0.1) is 0 Å². The molecular formula is C11H13Cl2NO. The van der Waals surface area contributed by atoms with Crippen LogP contribution in [0.3, 0.4) is 0 Å². The highest BCUT2D eigenvalue weighted by Gasteiger charge is 2.34. The third-order valence-corrected chi connectivity index (χ3v) is 3.40. The zero-order valence-corrected chi connectivity index (χ0v) is 10.2. The van der Waals surface area contributed by atoms with Crippen molar-refractivity contribution in [2.75, 3.05) is 14.1 Å². The molecule has 0 saturated heterocycles. The number of likely N-dealkylation sites (N-methyl/N-ethyl adjacent to an activating group) is 1. The molecule has 1 aliphatic carbocycles. The number of benzene rings is 1. The predicted octanol–water partition coefficient (Wildman–Crippen LogP) is 2.51. The van der Waals surface area contributed by atoms with Gasteiger partial charge in [0.25, 0.3) is 0 Å². The minimum atomic E-state index is -0.397. The van der Waals surface area contributed by atoms with Crippen molar-refractivity contribution in [3.05, 3.63) is 33.3 Å². The monoisotopic (exact) mass is 245 g/mol. The van der Waals surface area contributed by atoms with Crippen molar-refractivity contribution in [3.8, 4) is 0 Å². The standard InChI is InChI=1S/C11H13Cl2NO/c1-14(2)11-8-3-6(12)4-9(13)7(8)5-10(11)15/h3-4,10-11,15H,5H2,1-2H3. The molecule has 2 rings (SSSR count). The van der Waals surface area contributed by atoms with Crippen LogP contribution in [0.25, 0.3) is 0 Å². The number of hydrogen-bond acceptors (Lipinski definition) is 2. The average Bonchev–Trinajstić information content (AvgIpc) is 2.41. The first-order valence-corrected chi connectivity index (χ1v) is 5.58. The summed E-state index contributed by atoms with van der Waals surface area (Å²) in [6, 6.07) is 3.62. The van der Waals surface area contributed by atoms with Crippen molar-refractivity contribution < 1.29 is 5.11 Å². The van der Waals surface area contributed by atoms with Gasteiger partial charge in [-0.3, -0.25) is 0 Å². The number of halogens is 2. The predicted molar refractivity (Wildman–Crippen MR) is 62.6 cm³/mol. The summed E-state index contributed by atoms with van der Waals surface area (Å²) in [7, 11) is 3.88. The second kappa shape index (κ2) is 3.95. The first kappa shape index (κ1) is 11.2. The van der Waals surface area contributed by atoms with Crippen LogP contribution in [0.15, 0.2) is 12.1 Å². The van der Waals surface area contributed by atoms with E-state index in [9.17, 15) is 5.11 Å². The van der Waals surface area contributed by atoms with E-state index < -0.39 is 6.10 Å². The van der Waals surface area contributed by atoms with Gasteiger partial charge in [-0.25, -0.2) is 0 Å². The van der Waals surface area contributed by atoms with E-state index in [2.05, 4.69) is 0 Å². The molecule has 1 aromatic rings. The van der Waals surface area contributed by atoms with E-state index in [0.29, 0.717) is 16.5 Å². The first-order chi connectivity index (χ1) is 7.00. The van der Waals surface area contributed by atoms with Crippen LogP contribution < -0.4 is 0 Å². The Morgan fingerprint density at radius 1 is 1.33 bits per heavy atom. The molecule has 0 heterocycles. The Balaban J connectivity index is 2.53. The van der Waals surface area contributed by atoms with Gasteiger partial charge < -0.3 is 10.0 Å². The molecule has 1 aromatic carbocycles. The number of hydrogen-bond donors (Lipinski definition) is 1. The van der Waals surface area contributed by atoms with Crippen LogP contribution in [0.5, 0.6) is 0 Å². The molecule has 0 fully saturated rings. The van der Waals surface area contributed by atoms with Gasteiger partial charge in [0, 0.05) is 16.5 Å². The second-order valence-corrected chi connectivity index (χ2v) is 4.98. The Hall–Kier alpha value is -0.280. The second-order valence-electron chi connectivity index (χ2n) is 4.14. The normalized spacial score (nSPS) is 24.7. The summed E-state index contributed by atoms with van der Waals surface area (Å²) in [5.74, 6) is 0. The first-order valence-electron chi connectivity index (χ1n) is 4.83. The van der Waals surface area contributed by atoms with E-state index in [0.717, 1.165) is 11.1 Å². The molecule has 0 spiro atoms. The van der Waals surface area contributed by atoms with Crippen molar-refractivity contribution in [2.45, 2.75) is 18.6 Å². The molecule has 2 atom stereocenters. The fraction of sp³-hybridized carbons (Fsp3) is 0.455. The summed E-state index contributed by atoms with van der Waals surface area (Å²) in [5, 5.41) is 11.2. The highest BCUT2D eigenvalue weighted by atomic mass is 35.5. The van der Waals surface area contributed by atoms with E-state index in [4.69, 9.17) is 23.2 Å². The van der Waals surface area contributed by atoms with Gasteiger partial charge in [0.15, 0.2) is 0 Å². The van der Waals surface area contributed by atoms with Crippen molar-refractivity contribution >= 4 is 23.2 Å². The maximum Gasteiger partial charge on any atom is 0.0777 e. The highest BCUT2D eigenvalue weighted by molar-refractivity contribution is 6.35. The third kappa shape index (κ3) is 1.87. The maximum absolute atomic E-state index is 9.95. The van der Waals surface area contributed by atoms with E-state index in [1.54, 1.807) is 6.07 Å². The molecule has 0 saturated carbocycles. The molecule has 2 nitrogen and oxygen atoms in total. The Morgan fingerprint density at radius 3 is 2.60 bits per heavy atom. The van der Waals surface area contributed by atoms with Gasteiger partial charge in [-0.2, -0.15) is 0 Å². The Morgan fingerprint density at radius 2 is 2.00 bits per heavy atom. The van der Waals surface area contributed by atoms with Crippen molar-refractivity contribution in [1.29, 1.82) is 0 Å². The van der Waals surface area contributed by atoms with Gasteiger partial charge in [0.05, 0.1) is 12.1 Å². The van der Waals surface area contributed by atoms with E-state index in [-0.39, 0.29) is 6.04 Å². The Kier molecular flexibility index (Phi) is 2.95. The zero-order valence-electron chi connectivity index (χ0n) is 8.67. The quantitative estimate of drug-likeness (QED) is 0.823. The average molecular weight is 246 g/mol. The van der Waals surface area contributed by atoms with Crippen LogP contribution in [-0.2, 0) is 6.42 Å². The molecule has 2 unspecified atom stereocenters. The van der Waals surface area contributed by atoms with Crippen molar-refractivity contribution in [3.63, 3.8) is 0 Å². The zero-order chi connectivity index (χ0) is 11.2. The third-order valence-electron chi connectivity index (χ3n) is 2.85. The molecule has 0 amide bonds. The lowest BCUT2D eigenvalue weighted by Gasteiger charge is -2.23. The molecule has 4 heteroatoms. The summed E-state index contributed by atoms with van der Waals surface area (Å²) in [6.45, 7) is 0. The van der Waals surface area contributed by atoms with Crippen LogP contribution in [0.2, 0.25) is 10.0 Å². The SMILES string of the molecule is CN(C)C1c2cc(Cl)cc(Cl)c2CC1O. The fourth-order valence-electron chi connectivity index (χ4n) is 2.25. The number of aliphatic hydroxyl groups excluding tert-OH is 1. The van der Waals surface area contributed by atoms with Gasteiger partial charge >= 0.3 is 0 Å². The lowest BCUT2D eigenvalue weighted by atomic mass is 10.1. The van der Waals surface area contributed by atoms with E-state index in [1.807, 2.05) is 25.1 Å². The molecule has 0 radical (unpaired) electrons. The summed E-state index contributed by atoms with van der Waals surface area (Å²) in [6.07, 6.45) is 0.208. The lowest BCUT2D eigenvalue weighted by Crippen LogP contribution is -2.27.